The number of hydrogen-bond acceptors (Lipinski definition) is 4. The Morgan fingerprint density at radius 2 is 1.82 bits per heavy atom. The van der Waals surface area contributed by atoms with Crippen molar-refractivity contribution < 1.29 is 4.74 Å². The van der Waals surface area contributed by atoms with Crippen molar-refractivity contribution in [3.63, 3.8) is 0 Å². The molecule has 0 spiro atoms. The number of aryl methyl sites for hydroxylation is 1. The van der Waals surface area contributed by atoms with Gasteiger partial charge in [-0.15, -0.1) is 34.2 Å². The van der Waals surface area contributed by atoms with E-state index in [1.165, 1.54) is 18.4 Å². The normalized spacial score (nSPS) is 11.1. The van der Waals surface area contributed by atoms with Gasteiger partial charge in [0.15, 0.2) is 11.8 Å². The third-order valence-corrected chi connectivity index (χ3v) is 4.50. The summed E-state index contributed by atoms with van der Waals surface area (Å²) < 4.78 is 7.17. The average Bonchev–Trinajstić information content (AvgIpc) is 3.01. The van der Waals surface area contributed by atoms with Crippen LogP contribution < -0.4 is 15.4 Å². The van der Waals surface area contributed by atoms with Gasteiger partial charge in [0.1, 0.15) is 18.1 Å². The number of aliphatic imine (C=N–C) groups is 1. The van der Waals surface area contributed by atoms with Gasteiger partial charge >= 0.3 is 0 Å². The van der Waals surface area contributed by atoms with Gasteiger partial charge in [-0.2, -0.15) is 0 Å². The summed E-state index contributed by atoms with van der Waals surface area (Å²) in [5, 5.41) is 15.1. The number of benzene rings is 1. The van der Waals surface area contributed by atoms with Crippen molar-refractivity contribution >= 4 is 29.9 Å². The summed E-state index contributed by atoms with van der Waals surface area (Å²) in [7, 11) is 3.65. The molecule has 1 heterocycles. The second kappa shape index (κ2) is 13.4. The fourth-order valence-electron chi connectivity index (χ4n) is 2.61. The lowest BCUT2D eigenvalue weighted by atomic mass is 10.1. The van der Waals surface area contributed by atoms with Gasteiger partial charge in [-0.05, 0) is 37.5 Å². The molecule has 0 saturated heterocycles. The number of hydrogen-bond donors (Lipinski definition) is 2. The van der Waals surface area contributed by atoms with E-state index in [1.54, 1.807) is 7.11 Å². The topological polar surface area (TPSA) is 76.4 Å². The molecule has 0 aliphatic rings. The highest BCUT2D eigenvalue weighted by atomic mass is 127. The third kappa shape index (κ3) is 8.04. The maximum absolute atomic E-state index is 5.20. The van der Waals surface area contributed by atoms with Crippen molar-refractivity contribution in [2.24, 2.45) is 12.0 Å². The molecule has 0 saturated carbocycles. The van der Waals surface area contributed by atoms with Gasteiger partial charge in [0, 0.05) is 20.1 Å². The second-order valence-electron chi connectivity index (χ2n) is 6.55. The number of unbranched alkanes of at least 4 members (excludes halogenated alkanes) is 2. The van der Waals surface area contributed by atoms with Gasteiger partial charge in [-0.1, -0.05) is 31.9 Å². The number of nitrogens with zero attached hydrogens (tertiary/aromatic N) is 4. The van der Waals surface area contributed by atoms with Crippen LogP contribution in [0.4, 0.5) is 0 Å². The Hall–Kier alpha value is -1.84. The van der Waals surface area contributed by atoms with Gasteiger partial charge in [0.2, 0.25) is 0 Å². The molecular weight excluding hydrogens is 467 g/mol. The Labute approximate surface area is 185 Å². The van der Waals surface area contributed by atoms with Crippen molar-refractivity contribution in [3.05, 3.63) is 41.5 Å². The minimum Gasteiger partial charge on any atom is -0.497 e. The molecule has 0 amide bonds. The fourth-order valence-corrected chi connectivity index (χ4v) is 2.61. The first-order valence-corrected chi connectivity index (χ1v) is 9.64. The number of methoxy groups -OCH3 is 1. The summed E-state index contributed by atoms with van der Waals surface area (Å²) in [6.45, 7) is 6.38. The van der Waals surface area contributed by atoms with Crippen LogP contribution in [0.3, 0.4) is 0 Å². The highest BCUT2D eigenvalue weighted by Crippen LogP contribution is 2.11. The summed E-state index contributed by atoms with van der Waals surface area (Å²) in [5.74, 6) is 3.45. The van der Waals surface area contributed by atoms with Crippen molar-refractivity contribution in [3.8, 4) is 5.75 Å². The van der Waals surface area contributed by atoms with Crippen molar-refractivity contribution in [1.82, 2.24) is 25.4 Å². The minimum absolute atomic E-state index is 0. The number of aromatic nitrogens is 3. The molecule has 0 aliphatic heterocycles. The smallest absolute Gasteiger partial charge is 0.191 e. The molecule has 1 aromatic carbocycles. The van der Waals surface area contributed by atoms with Crippen LogP contribution in [0.15, 0.2) is 29.3 Å². The zero-order valence-electron chi connectivity index (χ0n) is 17.4. The summed E-state index contributed by atoms with van der Waals surface area (Å²) >= 11 is 0. The molecule has 2 rings (SSSR count). The van der Waals surface area contributed by atoms with Crippen molar-refractivity contribution in [1.29, 1.82) is 0 Å². The zero-order chi connectivity index (χ0) is 19.5. The Kier molecular flexibility index (Phi) is 11.5. The van der Waals surface area contributed by atoms with Crippen LogP contribution >= 0.6 is 24.0 Å². The molecule has 2 N–H and O–H groups in total. The Morgan fingerprint density at radius 3 is 2.43 bits per heavy atom. The fraction of sp³-hybridized carbons (Fsp3) is 0.550. The Balaban J connectivity index is 0.00000392. The average molecular weight is 500 g/mol. The lowest BCUT2D eigenvalue weighted by Crippen LogP contribution is -2.39. The van der Waals surface area contributed by atoms with E-state index in [0.717, 1.165) is 49.3 Å². The maximum Gasteiger partial charge on any atom is 0.191 e. The Morgan fingerprint density at radius 1 is 1.11 bits per heavy atom. The summed E-state index contributed by atoms with van der Waals surface area (Å²) in [5.41, 5.74) is 1.26. The van der Waals surface area contributed by atoms with Gasteiger partial charge in [0.05, 0.1) is 7.11 Å². The standard InChI is InChI=1S/C20H32N6O.HI/c1-5-6-7-13-21-20(23-15-19-25-24-16(2)26(19)3)22-14-12-17-8-10-18(27-4)11-9-17;/h8-11H,5-7,12-15H2,1-4H3,(H2,21,22,23);1H. The van der Waals surface area contributed by atoms with Gasteiger partial charge in [0.25, 0.3) is 0 Å². The molecule has 0 aliphatic carbocycles. The van der Waals surface area contributed by atoms with Crippen LogP contribution in [0.5, 0.6) is 5.75 Å². The molecule has 0 unspecified atom stereocenters. The van der Waals surface area contributed by atoms with Gasteiger partial charge in [-0.3, -0.25) is 0 Å². The van der Waals surface area contributed by atoms with E-state index < -0.39 is 0 Å². The van der Waals surface area contributed by atoms with E-state index in [1.807, 2.05) is 30.7 Å². The lowest BCUT2D eigenvalue weighted by molar-refractivity contribution is 0.414. The van der Waals surface area contributed by atoms with Crippen molar-refractivity contribution in [2.75, 3.05) is 20.2 Å². The van der Waals surface area contributed by atoms with E-state index in [0.29, 0.717) is 6.54 Å². The molecule has 0 radical (unpaired) electrons. The minimum atomic E-state index is 0. The number of rotatable bonds is 10. The van der Waals surface area contributed by atoms with Gasteiger partial charge < -0.3 is 19.9 Å². The quantitative estimate of drug-likeness (QED) is 0.227. The Bertz CT molecular complexity index is 714. The van der Waals surface area contributed by atoms with Crippen LogP contribution in [0.25, 0.3) is 0 Å². The van der Waals surface area contributed by atoms with Crippen LogP contribution in [-0.4, -0.2) is 40.9 Å². The van der Waals surface area contributed by atoms with E-state index in [4.69, 9.17) is 4.74 Å². The first-order valence-electron chi connectivity index (χ1n) is 9.64. The number of ether oxygens (including phenoxy) is 1. The molecule has 8 heteroatoms. The predicted molar refractivity (Wildman–Crippen MR) is 125 cm³/mol. The SMILES string of the molecule is CCCCCNC(=NCc1nnc(C)n1C)NCCc1ccc(OC)cc1.I. The summed E-state index contributed by atoms with van der Waals surface area (Å²) in [6.07, 6.45) is 4.48. The molecule has 0 atom stereocenters. The molecule has 0 bridgehead atoms. The highest BCUT2D eigenvalue weighted by molar-refractivity contribution is 14.0. The van der Waals surface area contributed by atoms with Crippen LogP contribution in [0.1, 0.15) is 43.4 Å². The van der Waals surface area contributed by atoms with Crippen LogP contribution in [-0.2, 0) is 20.0 Å². The first-order chi connectivity index (χ1) is 13.1. The highest BCUT2D eigenvalue weighted by Gasteiger charge is 2.05. The molecular formula is C20H33IN6O. The number of guanidine groups is 1. The van der Waals surface area contributed by atoms with Gasteiger partial charge in [-0.25, -0.2) is 4.99 Å². The largest absolute Gasteiger partial charge is 0.497 e. The van der Waals surface area contributed by atoms with E-state index in [2.05, 4.69) is 44.9 Å². The molecule has 156 valence electrons. The summed E-state index contributed by atoms with van der Waals surface area (Å²) in [6, 6.07) is 8.16. The molecule has 28 heavy (non-hydrogen) atoms. The maximum atomic E-state index is 5.20. The van der Waals surface area contributed by atoms with E-state index in [9.17, 15) is 0 Å². The summed E-state index contributed by atoms with van der Waals surface area (Å²) in [4.78, 5) is 4.68. The van der Waals surface area contributed by atoms with E-state index >= 15 is 0 Å². The zero-order valence-corrected chi connectivity index (χ0v) is 19.7. The third-order valence-electron chi connectivity index (χ3n) is 4.50. The predicted octanol–water partition coefficient (Wildman–Crippen LogP) is 3.22. The molecule has 7 nitrogen and oxygen atoms in total. The van der Waals surface area contributed by atoms with Crippen LogP contribution in [0, 0.1) is 6.92 Å². The van der Waals surface area contributed by atoms with Crippen molar-refractivity contribution in [2.45, 2.75) is 46.1 Å². The van der Waals surface area contributed by atoms with E-state index in [-0.39, 0.29) is 24.0 Å². The number of nitrogens with one attached hydrogen (secondary N) is 2. The molecule has 1 aromatic heterocycles. The number of halogens is 1. The lowest BCUT2D eigenvalue weighted by Gasteiger charge is -2.13. The molecule has 2 aromatic rings. The second-order valence-corrected chi connectivity index (χ2v) is 6.55. The monoisotopic (exact) mass is 500 g/mol. The van der Waals surface area contributed by atoms with Crippen LogP contribution in [0.2, 0.25) is 0 Å². The molecule has 0 fully saturated rings. The first kappa shape index (κ1) is 24.2.